The fourth-order valence-electron chi connectivity index (χ4n) is 2.18. The van der Waals surface area contributed by atoms with Crippen molar-refractivity contribution in [2.75, 3.05) is 14.2 Å². The van der Waals surface area contributed by atoms with E-state index in [1.165, 1.54) is 14.2 Å². The van der Waals surface area contributed by atoms with Crippen LogP contribution >= 0.6 is 0 Å². The Balaban J connectivity index is 2.21. The molecule has 2 aromatic carbocycles. The third kappa shape index (κ3) is 5.37. The predicted octanol–water partition coefficient (Wildman–Crippen LogP) is 4.40. The average molecular weight is 351 g/mol. The van der Waals surface area contributed by atoms with E-state index in [4.69, 9.17) is 9.57 Å². The summed E-state index contributed by atoms with van der Waals surface area (Å²) >= 11 is 0. The minimum Gasteiger partial charge on any atom is -0.464 e. The van der Waals surface area contributed by atoms with Crippen molar-refractivity contribution in [3.05, 3.63) is 71.8 Å². The summed E-state index contributed by atoms with van der Waals surface area (Å²) in [5, 5.41) is 12.3. The molecular formula is C20H21N3O3. The highest BCUT2D eigenvalue weighted by Gasteiger charge is 2.18. The molecule has 0 spiro atoms. The summed E-state index contributed by atoms with van der Waals surface area (Å²) in [6, 6.07) is 16.7. The first-order chi connectivity index (χ1) is 12.7. The second kappa shape index (κ2) is 9.88. The first-order valence-corrected chi connectivity index (χ1v) is 8.08. The molecule has 0 saturated carbocycles. The topological polar surface area (TPSA) is 72.6 Å². The Morgan fingerprint density at radius 2 is 1.73 bits per heavy atom. The number of carbonyl (C=O) groups excluding carboxylic acids is 1. The zero-order chi connectivity index (χ0) is 18.8. The van der Waals surface area contributed by atoms with E-state index in [0.717, 1.165) is 11.3 Å². The fraction of sp³-hybridized carbons (Fsp3) is 0.200. The predicted molar refractivity (Wildman–Crippen MR) is 101 cm³/mol. The number of oxime groups is 1. The van der Waals surface area contributed by atoms with Crippen molar-refractivity contribution < 1.29 is 14.4 Å². The lowest BCUT2D eigenvalue weighted by atomic mass is 10.0. The third-order valence-electron chi connectivity index (χ3n) is 3.44. The summed E-state index contributed by atoms with van der Waals surface area (Å²) in [5.74, 6) is -0.565. The Hall–Kier alpha value is -3.28. The Morgan fingerprint density at radius 1 is 1.04 bits per heavy atom. The molecule has 0 aliphatic carbocycles. The van der Waals surface area contributed by atoms with Gasteiger partial charge in [0.15, 0.2) is 5.71 Å². The Bertz CT molecular complexity index is 814. The molecule has 2 aromatic rings. The number of esters is 1. The fourth-order valence-corrected chi connectivity index (χ4v) is 2.18. The summed E-state index contributed by atoms with van der Waals surface area (Å²) in [5.41, 5.74) is 2.32. The van der Waals surface area contributed by atoms with Crippen LogP contribution in [0.25, 0.3) is 6.08 Å². The van der Waals surface area contributed by atoms with Crippen LogP contribution in [0.5, 0.6) is 0 Å². The number of ether oxygens (including phenoxy) is 1. The lowest BCUT2D eigenvalue weighted by Gasteiger charge is -2.07. The van der Waals surface area contributed by atoms with Gasteiger partial charge in [-0.1, -0.05) is 59.8 Å². The molecule has 2 rings (SSSR count). The van der Waals surface area contributed by atoms with Gasteiger partial charge in [0.1, 0.15) is 7.11 Å². The Morgan fingerprint density at radius 3 is 2.42 bits per heavy atom. The van der Waals surface area contributed by atoms with Crippen molar-refractivity contribution in [3.8, 4) is 0 Å². The molecule has 6 nitrogen and oxygen atoms in total. The van der Waals surface area contributed by atoms with Crippen LogP contribution in [0.3, 0.4) is 0 Å². The number of hydrogen-bond acceptors (Lipinski definition) is 6. The largest absolute Gasteiger partial charge is 0.464 e. The number of azo groups is 1. The van der Waals surface area contributed by atoms with Gasteiger partial charge in [-0.3, -0.25) is 0 Å². The van der Waals surface area contributed by atoms with E-state index < -0.39 is 5.97 Å². The van der Waals surface area contributed by atoms with Gasteiger partial charge >= 0.3 is 5.97 Å². The monoisotopic (exact) mass is 351 g/mol. The number of nitrogens with zero attached hydrogens (tertiary/aromatic N) is 3. The lowest BCUT2D eigenvalue weighted by Crippen LogP contribution is -2.18. The number of benzene rings is 2. The van der Waals surface area contributed by atoms with Crippen LogP contribution in [0.2, 0.25) is 0 Å². The zero-order valence-electron chi connectivity index (χ0n) is 15.0. The van der Waals surface area contributed by atoms with E-state index in [-0.39, 0.29) is 11.8 Å². The van der Waals surface area contributed by atoms with Gasteiger partial charge in [-0.05, 0) is 24.6 Å². The van der Waals surface area contributed by atoms with Crippen LogP contribution in [0, 0.1) is 0 Å². The van der Waals surface area contributed by atoms with E-state index in [9.17, 15) is 4.79 Å². The molecule has 0 fully saturated rings. The van der Waals surface area contributed by atoms with Crippen LogP contribution in [0.15, 0.2) is 76.1 Å². The molecule has 1 unspecified atom stereocenters. The molecule has 0 amide bonds. The summed E-state index contributed by atoms with van der Waals surface area (Å²) in [7, 11) is 2.69. The van der Waals surface area contributed by atoms with Crippen molar-refractivity contribution in [3.63, 3.8) is 0 Å². The van der Waals surface area contributed by atoms with Crippen LogP contribution in [0.4, 0.5) is 5.69 Å². The molecule has 0 radical (unpaired) electrons. The van der Waals surface area contributed by atoms with Crippen molar-refractivity contribution in [1.29, 1.82) is 0 Å². The molecule has 134 valence electrons. The first kappa shape index (κ1) is 19.1. The van der Waals surface area contributed by atoms with Crippen molar-refractivity contribution in [2.45, 2.75) is 13.0 Å². The number of carbonyl (C=O) groups is 1. The second-order valence-corrected chi connectivity index (χ2v) is 5.35. The van der Waals surface area contributed by atoms with Crippen molar-refractivity contribution in [1.82, 2.24) is 0 Å². The van der Waals surface area contributed by atoms with Gasteiger partial charge in [0, 0.05) is 5.56 Å². The number of methoxy groups -OCH3 is 1. The highest BCUT2D eigenvalue weighted by molar-refractivity contribution is 6.43. The van der Waals surface area contributed by atoms with Crippen LogP contribution < -0.4 is 0 Å². The standard InChI is InChI=1S/C20H21N3O3/c1-15(21-22-17-10-5-4-6-11-17)13-14-16-9-7-8-12-18(16)19(23-26-3)20(24)25-2/h4-15H,1-3H3. The molecule has 0 aromatic heterocycles. The van der Waals surface area contributed by atoms with E-state index in [1.807, 2.05) is 67.6 Å². The SMILES string of the molecule is CON=C(C(=O)OC)c1ccccc1C=CC(C)N=Nc1ccccc1. The van der Waals surface area contributed by atoms with E-state index in [2.05, 4.69) is 15.4 Å². The molecule has 26 heavy (non-hydrogen) atoms. The number of hydrogen-bond donors (Lipinski definition) is 0. The van der Waals surface area contributed by atoms with Crippen LogP contribution in [-0.4, -0.2) is 31.9 Å². The minimum atomic E-state index is -0.565. The molecule has 0 N–H and O–H groups in total. The molecule has 0 bridgehead atoms. The quantitative estimate of drug-likeness (QED) is 0.321. The molecule has 0 saturated heterocycles. The first-order valence-electron chi connectivity index (χ1n) is 8.08. The van der Waals surface area contributed by atoms with Gasteiger partial charge in [0.2, 0.25) is 0 Å². The van der Waals surface area contributed by atoms with Crippen molar-refractivity contribution in [2.24, 2.45) is 15.4 Å². The maximum absolute atomic E-state index is 12.0. The summed E-state index contributed by atoms with van der Waals surface area (Å²) in [4.78, 5) is 16.7. The summed E-state index contributed by atoms with van der Waals surface area (Å²) < 4.78 is 4.78. The van der Waals surface area contributed by atoms with E-state index in [1.54, 1.807) is 6.07 Å². The van der Waals surface area contributed by atoms with Gasteiger partial charge in [-0.15, -0.1) is 0 Å². The van der Waals surface area contributed by atoms with Crippen LogP contribution in [-0.2, 0) is 14.4 Å². The normalized spacial score (nSPS) is 13.1. The summed E-state index contributed by atoms with van der Waals surface area (Å²) in [6.07, 6.45) is 3.77. The second-order valence-electron chi connectivity index (χ2n) is 5.35. The Kier molecular flexibility index (Phi) is 7.24. The molecule has 6 heteroatoms. The number of rotatable bonds is 7. The average Bonchev–Trinajstić information content (AvgIpc) is 2.69. The molecule has 1 atom stereocenters. The van der Waals surface area contributed by atoms with Gasteiger partial charge < -0.3 is 9.57 Å². The van der Waals surface area contributed by atoms with Crippen molar-refractivity contribution >= 4 is 23.4 Å². The highest BCUT2D eigenvalue weighted by Crippen LogP contribution is 2.15. The Labute approximate surface area is 152 Å². The third-order valence-corrected chi connectivity index (χ3v) is 3.44. The van der Waals surface area contributed by atoms with E-state index in [0.29, 0.717) is 5.56 Å². The molecular weight excluding hydrogens is 330 g/mol. The van der Waals surface area contributed by atoms with Gasteiger partial charge in [0.05, 0.1) is 18.8 Å². The maximum Gasteiger partial charge on any atom is 0.360 e. The van der Waals surface area contributed by atoms with Crippen LogP contribution in [0.1, 0.15) is 18.1 Å². The smallest absolute Gasteiger partial charge is 0.360 e. The van der Waals surface area contributed by atoms with Gasteiger partial charge in [0.25, 0.3) is 0 Å². The summed E-state index contributed by atoms with van der Waals surface area (Å²) in [6.45, 7) is 1.93. The van der Waals surface area contributed by atoms with Gasteiger partial charge in [-0.2, -0.15) is 10.2 Å². The van der Waals surface area contributed by atoms with E-state index >= 15 is 0 Å². The molecule has 0 aliphatic heterocycles. The minimum absolute atomic E-state index is 0.105. The van der Waals surface area contributed by atoms with Gasteiger partial charge in [-0.25, -0.2) is 4.79 Å². The maximum atomic E-state index is 12.0. The lowest BCUT2D eigenvalue weighted by molar-refractivity contribution is -0.132. The molecule has 0 heterocycles. The zero-order valence-corrected chi connectivity index (χ0v) is 15.0. The highest BCUT2D eigenvalue weighted by atomic mass is 16.6. The molecule has 0 aliphatic rings.